The van der Waals surface area contributed by atoms with E-state index in [9.17, 15) is 4.79 Å². The van der Waals surface area contributed by atoms with Crippen LogP contribution in [0.3, 0.4) is 0 Å². The second-order valence-corrected chi connectivity index (χ2v) is 5.66. The van der Waals surface area contributed by atoms with Gasteiger partial charge in [-0.3, -0.25) is 4.79 Å². The van der Waals surface area contributed by atoms with Crippen LogP contribution in [0.2, 0.25) is 0 Å². The van der Waals surface area contributed by atoms with Crippen molar-refractivity contribution in [2.45, 2.75) is 33.2 Å². The molecule has 1 aromatic heterocycles. The summed E-state index contributed by atoms with van der Waals surface area (Å²) in [6.45, 7) is 5.04. The number of hydrogen-bond acceptors (Lipinski definition) is 1. The first-order valence-corrected chi connectivity index (χ1v) is 7.69. The summed E-state index contributed by atoms with van der Waals surface area (Å²) in [5.74, 6) is -0.0718. The molecule has 1 amide bonds. The molecule has 0 atom stereocenters. The molecule has 4 heteroatoms. The molecule has 0 saturated carbocycles. The molecule has 0 unspecified atom stereocenters. The van der Waals surface area contributed by atoms with Crippen molar-refractivity contribution in [2.75, 3.05) is 5.32 Å². The summed E-state index contributed by atoms with van der Waals surface area (Å²) < 4.78 is 2.90. The second-order valence-electron chi connectivity index (χ2n) is 4.75. The molecule has 0 saturated heterocycles. The normalized spacial score (nSPS) is 10.6. The van der Waals surface area contributed by atoms with Crippen LogP contribution < -0.4 is 5.32 Å². The standard InChI is InChI=1S/C16H19BrN2O/c1-3-8-19-11-13(17)10-15(19)16(20)18-14-7-5-6-12(4-2)9-14/h5-7,9-11H,3-4,8H2,1-2H3,(H,18,20). The van der Waals surface area contributed by atoms with Gasteiger partial charge in [-0.15, -0.1) is 0 Å². The van der Waals surface area contributed by atoms with Crippen LogP contribution in [0.1, 0.15) is 36.3 Å². The highest BCUT2D eigenvalue weighted by Gasteiger charge is 2.13. The predicted molar refractivity (Wildman–Crippen MR) is 86.2 cm³/mol. The van der Waals surface area contributed by atoms with E-state index in [2.05, 4.69) is 41.2 Å². The lowest BCUT2D eigenvalue weighted by Gasteiger charge is -2.09. The summed E-state index contributed by atoms with van der Waals surface area (Å²) in [6.07, 6.45) is 3.90. The quantitative estimate of drug-likeness (QED) is 0.859. The molecule has 0 aliphatic carbocycles. The topological polar surface area (TPSA) is 34.0 Å². The molecule has 0 aliphatic heterocycles. The molecular weight excluding hydrogens is 316 g/mol. The molecule has 0 spiro atoms. The van der Waals surface area contributed by atoms with E-state index in [0.717, 1.165) is 29.5 Å². The van der Waals surface area contributed by atoms with Gasteiger partial charge in [0, 0.05) is 22.9 Å². The Balaban J connectivity index is 2.19. The number of aryl methyl sites for hydroxylation is 2. The fourth-order valence-corrected chi connectivity index (χ4v) is 2.62. The average molecular weight is 335 g/mol. The van der Waals surface area contributed by atoms with Gasteiger partial charge in [-0.05, 0) is 52.5 Å². The van der Waals surface area contributed by atoms with Crippen molar-refractivity contribution in [3.63, 3.8) is 0 Å². The van der Waals surface area contributed by atoms with Crippen LogP contribution in [0.25, 0.3) is 0 Å². The van der Waals surface area contributed by atoms with Crippen LogP contribution in [0.15, 0.2) is 41.0 Å². The molecule has 20 heavy (non-hydrogen) atoms. The van der Waals surface area contributed by atoms with E-state index in [0.29, 0.717) is 5.69 Å². The SMILES string of the molecule is CCCn1cc(Br)cc1C(=O)Nc1cccc(CC)c1. The third kappa shape index (κ3) is 3.51. The lowest BCUT2D eigenvalue weighted by atomic mass is 10.1. The van der Waals surface area contributed by atoms with Crippen molar-refractivity contribution in [1.29, 1.82) is 0 Å². The molecule has 0 fully saturated rings. The summed E-state index contributed by atoms with van der Waals surface area (Å²) in [5.41, 5.74) is 2.74. The van der Waals surface area contributed by atoms with E-state index < -0.39 is 0 Å². The largest absolute Gasteiger partial charge is 0.342 e. The first-order valence-electron chi connectivity index (χ1n) is 6.90. The number of nitrogens with one attached hydrogen (secondary N) is 1. The van der Waals surface area contributed by atoms with Crippen LogP contribution in [0, 0.1) is 0 Å². The number of amides is 1. The monoisotopic (exact) mass is 334 g/mol. The van der Waals surface area contributed by atoms with Gasteiger partial charge in [0.25, 0.3) is 5.91 Å². The molecule has 0 radical (unpaired) electrons. The van der Waals surface area contributed by atoms with Crippen LogP contribution in [-0.2, 0) is 13.0 Å². The minimum absolute atomic E-state index is 0.0718. The first kappa shape index (κ1) is 14.9. The Morgan fingerprint density at radius 1 is 1.30 bits per heavy atom. The van der Waals surface area contributed by atoms with Crippen molar-refractivity contribution in [2.24, 2.45) is 0 Å². The van der Waals surface area contributed by atoms with Crippen LogP contribution in [0.5, 0.6) is 0 Å². The second kappa shape index (κ2) is 6.75. The lowest BCUT2D eigenvalue weighted by molar-refractivity contribution is 0.101. The van der Waals surface area contributed by atoms with Gasteiger partial charge >= 0.3 is 0 Å². The molecule has 3 nitrogen and oxygen atoms in total. The number of rotatable bonds is 5. The zero-order valence-electron chi connectivity index (χ0n) is 11.8. The summed E-state index contributed by atoms with van der Waals surface area (Å²) in [5, 5.41) is 2.96. The fourth-order valence-electron chi connectivity index (χ4n) is 2.16. The number of halogens is 1. The molecule has 106 valence electrons. The number of nitrogens with zero attached hydrogens (tertiary/aromatic N) is 1. The summed E-state index contributed by atoms with van der Waals surface area (Å²) >= 11 is 3.43. The van der Waals surface area contributed by atoms with Gasteiger partial charge in [0.15, 0.2) is 0 Å². The van der Waals surface area contributed by atoms with Gasteiger partial charge in [-0.2, -0.15) is 0 Å². The molecule has 2 rings (SSSR count). The maximum Gasteiger partial charge on any atom is 0.272 e. The highest BCUT2D eigenvalue weighted by molar-refractivity contribution is 9.10. The third-order valence-corrected chi connectivity index (χ3v) is 3.59. The molecule has 0 bridgehead atoms. The van der Waals surface area contributed by atoms with E-state index in [1.54, 1.807) is 0 Å². The number of aromatic nitrogens is 1. The van der Waals surface area contributed by atoms with Crippen LogP contribution in [-0.4, -0.2) is 10.5 Å². The smallest absolute Gasteiger partial charge is 0.272 e. The molecule has 1 heterocycles. The van der Waals surface area contributed by atoms with Crippen molar-refractivity contribution in [1.82, 2.24) is 4.57 Å². The Bertz CT molecular complexity index is 604. The Morgan fingerprint density at radius 3 is 2.80 bits per heavy atom. The maximum absolute atomic E-state index is 12.4. The Kier molecular flexibility index (Phi) is 5.01. The van der Waals surface area contributed by atoms with E-state index in [1.165, 1.54) is 5.56 Å². The number of anilines is 1. The van der Waals surface area contributed by atoms with E-state index in [-0.39, 0.29) is 5.91 Å². The number of benzene rings is 1. The van der Waals surface area contributed by atoms with Gasteiger partial charge in [-0.1, -0.05) is 26.0 Å². The van der Waals surface area contributed by atoms with Crippen LogP contribution >= 0.6 is 15.9 Å². The molecule has 1 N–H and O–H groups in total. The predicted octanol–water partition coefficient (Wildman–Crippen LogP) is 4.48. The minimum atomic E-state index is -0.0718. The minimum Gasteiger partial charge on any atom is -0.342 e. The van der Waals surface area contributed by atoms with Gasteiger partial charge in [-0.25, -0.2) is 0 Å². The van der Waals surface area contributed by atoms with Crippen molar-refractivity contribution >= 4 is 27.5 Å². The maximum atomic E-state index is 12.4. The zero-order chi connectivity index (χ0) is 14.5. The molecule has 1 aromatic carbocycles. The third-order valence-electron chi connectivity index (χ3n) is 3.15. The highest BCUT2D eigenvalue weighted by Crippen LogP contribution is 2.18. The van der Waals surface area contributed by atoms with Gasteiger partial charge in [0.05, 0.1) is 0 Å². The Hall–Kier alpha value is -1.55. The number of hydrogen-bond donors (Lipinski definition) is 1. The van der Waals surface area contributed by atoms with Gasteiger partial charge in [0.1, 0.15) is 5.69 Å². The Labute approximate surface area is 128 Å². The van der Waals surface area contributed by atoms with Crippen LogP contribution in [0.4, 0.5) is 5.69 Å². The fraction of sp³-hybridized carbons (Fsp3) is 0.312. The van der Waals surface area contributed by atoms with Gasteiger partial charge < -0.3 is 9.88 Å². The molecular formula is C16H19BrN2O. The lowest BCUT2D eigenvalue weighted by Crippen LogP contribution is -2.16. The molecule has 0 aliphatic rings. The zero-order valence-corrected chi connectivity index (χ0v) is 13.4. The average Bonchev–Trinajstić information content (AvgIpc) is 2.80. The summed E-state index contributed by atoms with van der Waals surface area (Å²) in [6, 6.07) is 9.81. The van der Waals surface area contributed by atoms with Crippen molar-refractivity contribution < 1.29 is 4.79 Å². The Morgan fingerprint density at radius 2 is 2.10 bits per heavy atom. The van der Waals surface area contributed by atoms with Crippen molar-refractivity contribution in [3.8, 4) is 0 Å². The summed E-state index contributed by atoms with van der Waals surface area (Å²) in [4.78, 5) is 12.4. The summed E-state index contributed by atoms with van der Waals surface area (Å²) in [7, 11) is 0. The van der Waals surface area contributed by atoms with E-state index in [1.807, 2.05) is 35.0 Å². The highest BCUT2D eigenvalue weighted by atomic mass is 79.9. The number of carbonyl (C=O) groups is 1. The first-order chi connectivity index (χ1) is 9.63. The molecule has 2 aromatic rings. The van der Waals surface area contributed by atoms with E-state index in [4.69, 9.17) is 0 Å². The van der Waals surface area contributed by atoms with E-state index >= 15 is 0 Å². The van der Waals surface area contributed by atoms with Gasteiger partial charge in [0.2, 0.25) is 0 Å². The number of carbonyl (C=O) groups excluding carboxylic acids is 1. The van der Waals surface area contributed by atoms with Crippen molar-refractivity contribution in [3.05, 3.63) is 52.3 Å².